The van der Waals surface area contributed by atoms with Crippen molar-refractivity contribution in [1.29, 1.82) is 0 Å². The van der Waals surface area contributed by atoms with Crippen LogP contribution in [-0.4, -0.2) is 37.7 Å². The Morgan fingerprint density at radius 1 is 1.00 bits per heavy atom. The molecule has 1 N–H and O–H groups in total. The first-order valence-corrected chi connectivity index (χ1v) is 11.0. The van der Waals surface area contributed by atoms with E-state index in [1.165, 1.54) is 5.56 Å². The number of ether oxygens (including phenoxy) is 2. The van der Waals surface area contributed by atoms with Crippen LogP contribution in [0.5, 0.6) is 11.5 Å². The van der Waals surface area contributed by atoms with Gasteiger partial charge in [-0.25, -0.2) is 0 Å². The van der Waals surface area contributed by atoms with E-state index >= 15 is 0 Å². The largest absolute Gasteiger partial charge is 0.490 e. The summed E-state index contributed by atoms with van der Waals surface area (Å²) in [5.41, 5.74) is 3.43. The molecular weight excluding hydrogens is 384 g/mol. The lowest BCUT2D eigenvalue weighted by Crippen LogP contribution is -2.27. The Kier molecular flexibility index (Phi) is 10.3. The van der Waals surface area contributed by atoms with Crippen molar-refractivity contribution in [3.63, 3.8) is 0 Å². The van der Waals surface area contributed by atoms with E-state index in [2.05, 4.69) is 49.2 Å². The summed E-state index contributed by atoms with van der Waals surface area (Å²) in [6.07, 6.45) is 1.13. The topological polar surface area (TPSA) is 33.7 Å². The normalized spacial score (nSPS) is 11.1. The maximum Gasteiger partial charge on any atom is 0.180 e. The third kappa shape index (κ3) is 7.88. The summed E-state index contributed by atoms with van der Waals surface area (Å²) in [6, 6.07) is 12.3. The molecule has 0 aliphatic heterocycles. The molecular formula is C24H35ClN2O2. The Bertz CT molecular complexity index is 748. The summed E-state index contributed by atoms with van der Waals surface area (Å²) < 4.78 is 11.8. The molecule has 29 heavy (non-hydrogen) atoms. The smallest absolute Gasteiger partial charge is 0.180 e. The highest BCUT2D eigenvalue weighted by atomic mass is 35.5. The van der Waals surface area contributed by atoms with Crippen LogP contribution in [0.15, 0.2) is 36.4 Å². The van der Waals surface area contributed by atoms with Crippen molar-refractivity contribution in [2.45, 2.75) is 47.3 Å². The quantitative estimate of drug-likeness (QED) is 0.438. The molecule has 0 saturated carbocycles. The number of hydrogen-bond donors (Lipinski definition) is 1. The monoisotopic (exact) mass is 418 g/mol. The number of halogens is 1. The summed E-state index contributed by atoms with van der Waals surface area (Å²) in [6.45, 7) is 14.6. The van der Waals surface area contributed by atoms with Crippen LogP contribution in [0.4, 0.5) is 0 Å². The van der Waals surface area contributed by atoms with Gasteiger partial charge in [0.05, 0.1) is 11.6 Å². The van der Waals surface area contributed by atoms with Gasteiger partial charge in [-0.15, -0.1) is 0 Å². The van der Waals surface area contributed by atoms with Crippen LogP contribution in [0.1, 0.15) is 43.9 Å². The van der Waals surface area contributed by atoms with Gasteiger partial charge >= 0.3 is 0 Å². The van der Waals surface area contributed by atoms with Crippen LogP contribution >= 0.6 is 11.6 Å². The van der Waals surface area contributed by atoms with Gasteiger partial charge in [-0.05, 0) is 69.7 Å². The second-order valence-corrected chi connectivity index (χ2v) is 7.58. The van der Waals surface area contributed by atoms with Gasteiger partial charge in [0.2, 0.25) is 0 Å². The summed E-state index contributed by atoms with van der Waals surface area (Å²) in [5, 5.41) is 4.09. The third-order valence-corrected chi connectivity index (χ3v) is 5.17. The molecule has 2 aromatic rings. The molecule has 0 atom stereocenters. The first-order valence-electron chi connectivity index (χ1n) is 10.6. The van der Waals surface area contributed by atoms with E-state index in [4.69, 9.17) is 21.1 Å². The van der Waals surface area contributed by atoms with Gasteiger partial charge in [0, 0.05) is 6.54 Å². The molecule has 2 aromatic carbocycles. The van der Waals surface area contributed by atoms with Crippen LogP contribution in [-0.2, 0) is 13.2 Å². The fraction of sp³-hybridized carbons (Fsp3) is 0.500. The molecule has 0 aliphatic carbocycles. The predicted molar refractivity (Wildman–Crippen MR) is 122 cm³/mol. The zero-order valence-electron chi connectivity index (χ0n) is 18.3. The maximum atomic E-state index is 6.55. The molecule has 0 spiro atoms. The second kappa shape index (κ2) is 12.7. The van der Waals surface area contributed by atoms with E-state index in [0.29, 0.717) is 29.7 Å². The van der Waals surface area contributed by atoms with Gasteiger partial charge in [0.15, 0.2) is 11.5 Å². The second-order valence-electron chi connectivity index (χ2n) is 7.17. The van der Waals surface area contributed by atoms with Crippen LogP contribution in [0.3, 0.4) is 0 Å². The minimum atomic E-state index is 0.463. The molecule has 0 aromatic heterocycles. The molecule has 0 saturated heterocycles. The molecule has 0 heterocycles. The molecule has 4 nitrogen and oxygen atoms in total. The number of rotatable bonds is 13. The Labute approximate surface area is 181 Å². The molecule has 160 valence electrons. The van der Waals surface area contributed by atoms with Crippen molar-refractivity contribution in [1.82, 2.24) is 10.2 Å². The van der Waals surface area contributed by atoms with Crippen LogP contribution < -0.4 is 14.8 Å². The van der Waals surface area contributed by atoms with Crippen molar-refractivity contribution >= 4 is 11.6 Å². The lowest BCUT2D eigenvalue weighted by molar-refractivity contribution is 0.269. The Morgan fingerprint density at radius 3 is 2.48 bits per heavy atom. The van der Waals surface area contributed by atoms with Crippen molar-refractivity contribution in [2.75, 3.05) is 32.8 Å². The van der Waals surface area contributed by atoms with Gasteiger partial charge in [0.25, 0.3) is 0 Å². The predicted octanol–water partition coefficient (Wildman–Crippen LogP) is 5.45. The zero-order chi connectivity index (χ0) is 21.1. The van der Waals surface area contributed by atoms with Crippen molar-refractivity contribution < 1.29 is 9.47 Å². The minimum absolute atomic E-state index is 0.463. The van der Waals surface area contributed by atoms with Crippen molar-refractivity contribution in [2.24, 2.45) is 0 Å². The highest BCUT2D eigenvalue weighted by Crippen LogP contribution is 2.37. The maximum absolute atomic E-state index is 6.55. The molecule has 0 bridgehead atoms. The van der Waals surface area contributed by atoms with Gasteiger partial charge in [-0.1, -0.05) is 55.3 Å². The molecule has 2 rings (SSSR count). The van der Waals surface area contributed by atoms with Crippen LogP contribution in [0, 0.1) is 6.92 Å². The fourth-order valence-corrected chi connectivity index (χ4v) is 3.57. The van der Waals surface area contributed by atoms with Gasteiger partial charge in [-0.3, -0.25) is 0 Å². The Balaban J connectivity index is 1.95. The van der Waals surface area contributed by atoms with E-state index < -0.39 is 0 Å². The molecule has 0 fully saturated rings. The van der Waals surface area contributed by atoms with Gasteiger partial charge < -0.3 is 19.7 Å². The number of hydrogen-bond acceptors (Lipinski definition) is 4. The van der Waals surface area contributed by atoms with E-state index in [9.17, 15) is 0 Å². The van der Waals surface area contributed by atoms with E-state index in [-0.39, 0.29) is 0 Å². The van der Waals surface area contributed by atoms with Crippen molar-refractivity contribution in [3.05, 3.63) is 58.1 Å². The fourth-order valence-electron chi connectivity index (χ4n) is 3.28. The van der Waals surface area contributed by atoms with Gasteiger partial charge in [0.1, 0.15) is 6.61 Å². The molecule has 0 radical (unpaired) electrons. The zero-order valence-corrected chi connectivity index (χ0v) is 19.0. The molecule has 0 aliphatic rings. The summed E-state index contributed by atoms with van der Waals surface area (Å²) in [5.74, 6) is 1.31. The number of nitrogens with zero attached hydrogens (tertiary/aromatic N) is 1. The number of nitrogens with one attached hydrogen (secondary N) is 1. The standard InChI is InChI=1S/C24H35ClN2O2/c1-5-27(6-2)13-9-12-26-17-21-15-22(25)24(23(16-21)28-7-3)29-18-20-11-8-10-19(4)14-20/h8,10-11,14-16,26H,5-7,9,12-13,17-18H2,1-4H3. The third-order valence-electron chi connectivity index (χ3n) is 4.89. The summed E-state index contributed by atoms with van der Waals surface area (Å²) in [4.78, 5) is 2.44. The number of aryl methyl sites for hydroxylation is 1. The SMILES string of the molecule is CCOc1cc(CNCCCN(CC)CC)cc(Cl)c1OCc1cccc(C)c1. The summed E-state index contributed by atoms with van der Waals surface area (Å²) in [7, 11) is 0. The lowest BCUT2D eigenvalue weighted by Gasteiger charge is -2.18. The molecule has 0 unspecified atom stereocenters. The van der Waals surface area contributed by atoms with Crippen LogP contribution in [0.25, 0.3) is 0 Å². The first kappa shape index (κ1) is 23.5. The Hall–Kier alpha value is -1.75. The molecule has 0 amide bonds. The van der Waals surface area contributed by atoms with E-state index in [0.717, 1.165) is 50.3 Å². The molecule has 5 heteroatoms. The summed E-state index contributed by atoms with van der Waals surface area (Å²) >= 11 is 6.55. The first-order chi connectivity index (χ1) is 14.1. The lowest BCUT2D eigenvalue weighted by atomic mass is 10.1. The average molecular weight is 419 g/mol. The van der Waals surface area contributed by atoms with Crippen LogP contribution in [0.2, 0.25) is 5.02 Å². The van der Waals surface area contributed by atoms with E-state index in [1.807, 2.05) is 25.1 Å². The van der Waals surface area contributed by atoms with Crippen molar-refractivity contribution in [3.8, 4) is 11.5 Å². The minimum Gasteiger partial charge on any atom is -0.490 e. The van der Waals surface area contributed by atoms with E-state index in [1.54, 1.807) is 0 Å². The number of benzene rings is 2. The average Bonchev–Trinajstić information content (AvgIpc) is 2.70. The Morgan fingerprint density at radius 2 is 1.79 bits per heavy atom. The highest BCUT2D eigenvalue weighted by Gasteiger charge is 2.13. The van der Waals surface area contributed by atoms with Gasteiger partial charge in [-0.2, -0.15) is 0 Å². The highest BCUT2D eigenvalue weighted by molar-refractivity contribution is 6.32.